The Bertz CT molecular complexity index is 2170. The Kier molecular flexibility index (Phi) is 13.0. The summed E-state index contributed by atoms with van der Waals surface area (Å²) in [6.45, 7) is -0.244. The summed E-state index contributed by atoms with van der Waals surface area (Å²) >= 11 is 3.43. The van der Waals surface area contributed by atoms with Crippen LogP contribution in [0.15, 0.2) is 137 Å². The van der Waals surface area contributed by atoms with E-state index < -0.39 is 48.0 Å². The summed E-state index contributed by atoms with van der Waals surface area (Å²) in [5, 5.41) is 18.0. The minimum atomic E-state index is -1.11. The number of fused-ring (bicyclic) bond motifs is 1. The number of urea groups is 1. The zero-order valence-corrected chi connectivity index (χ0v) is 31.3. The molecule has 1 heterocycles. The van der Waals surface area contributed by atoms with E-state index >= 15 is 0 Å². The summed E-state index contributed by atoms with van der Waals surface area (Å²) < 4.78 is 6.31. The standard InChI is InChI=1S/C42H39BrN6O6/c43-34-19-16-29(17-20-34)23-37(47-42(54)55-27-30-11-5-2-6-12-30)40(52)46-36(24-31-15-18-32-13-7-8-14-33(32)21-31)39(51)45-35(22-28-9-3-1-4-10-28)25-44-49-26-38(50)48-41(49)53/h1-21,25,35-37H,22-24,26-27H2,(H,45,51)(H,46,52)(H,47,54)(H,48,50,53)/b44-25+. The zero-order valence-electron chi connectivity index (χ0n) is 29.7. The highest BCUT2D eigenvalue weighted by Gasteiger charge is 2.30. The molecule has 1 saturated heterocycles. The molecular weight excluding hydrogens is 764 g/mol. The predicted octanol–water partition coefficient (Wildman–Crippen LogP) is 5.43. The maximum absolute atomic E-state index is 14.3. The highest BCUT2D eigenvalue weighted by Crippen LogP contribution is 2.18. The van der Waals surface area contributed by atoms with Crippen LogP contribution < -0.4 is 21.3 Å². The molecule has 280 valence electrons. The van der Waals surface area contributed by atoms with Crippen molar-refractivity contribution in [2.45, 2.75) is 44.0 Å². The number of carbonyl (C=O) groups excluding carboxylic acids is 5. The number of nitrogens with one attached hydrogen (secondary N) is 4. The minimum Gasteiger partial charge on any atom is -0.445 e. The number of nitrogens with zero attached hydrogens (tertiary/aromatic N) is 2. The third kappa shape index (κ3) is 11.3. The van der Waals surface area contributed by atoms with Crippen LogP contribution in [0.1, 0.15) is 22.3 Å². The summed E-state index contributed by atoms with van der Waals surface area (Å²) in [5.41, 5.74) is 3.22. The van der Waals surface area contributed by atoms with Crippen LogP contribution in [-0.4, -0.2) is 65.7 Å². The topological polar surface area (TPSA) is 158 Å². The lowest BCUT2D eigenvalue weighted by atomic mass is 9.99. The van der Waals surface area contributed by atoms with Gasteiger partial charge in [-0.1, -0.05) is 131 Å². The first-order valence-corrected chi connectivity index (χ1v) is 18.5. The highest BCUT2D eigenvalue weighted by atomic mass is 79.9. The molecule has 5 aromatic rings. The number of hydrazone groups is 1. The molecule has 1 aliphatic rings. The number of ether oxygens (including phenoxy) is 1. The van der Waals surface area contributed by atoms with E-state index in [1.54, 1.807) is 0 Å². The first-order valence-electron chi connectivity index (χ1n) is 17.7. The molecule has 12 nitrogen and oxygen atoms in total. The van der Waals surface area contributed by atoms with E-state index in [1.807, 2.05) is 127 Å². The molecule has 1 fully saturated rings. The second-order valence-electron chi connectivity index (χ2n) is 13.0. The van der Waals surface area contributed by atoms with Gasteiger partial charge in [-0.25, -0.2) is 14.6 Å². The normalized spacial score (nSPS) is 14.2. The third-order valence-corrected chi connectivity index (χ3v) is 9.38. The molecule has 3 unspecified atom stereocenters. The minimum absolute atomic E-state index is 0.00386. The van der Waals surface area contributed by atoms with Crippen LogP contribution in [0.4, 0.5) is 9.59 Å². The molecule has 0 spiro atoms. The number of hydrogen-bond acceptors (Lipinski definition) is 7. The van der Waals surface area contributed by atoms with Crippen molar-refractivity contribution in [1.29, 1.82) is 0 Å². The van der Waals surface area contributed by atoms with Crippen LogP contribution in [0.2, 0.25) is 0 Å². The van der Waals surface area contributed by atoms with E-state index in [0.29, 0.717) is 6.42 Å². The lowest BCUT2D eigenvalue weighted by molar-refractivity contribution is -0.130. The van der Waals surface area contributed by atoms with E-state index in [4.69, 9.17) is 4.74 Å². The van der Waals surface area contributed by atoms with E-state index in [-0.39, 0.29) is 26.0 Å². The van der Waals surface area contributed by atoms with Crippen LogP contribution in [0.5, 0.6) is 0 Å². The summed E-state index contributed by atoms with van der Waals surface area (Å²) in [6.07, 6.45) is 1.14. The Morgan fingerprint density at radius 3 is 1.96 bits per heavy atom. The molecule has 0 radical (unpaired) electrons. The van der Waals surface area contributed by atoms with Crippen LogP contribution in [-0.2, 0) is 45.0 Å². The van der Waals surface area contributed by atoms with Crippen molar-refractivity contribution in [3.8, 4) is 0 Å². The summed E-state index contributed by atoms with van der Waals surface area (Å²) in [4.78, 5) is 65.6. The van der Waals surface area contributed by atoms with Crippen LogP contribution in [0.3, 0.4) is 0 Å². The molecule has 0 bridgehead atoms. The zero-order chi connectivity index (χ0) is 38.6. The van der Waals surface area contributed by atoms with Crippen LogP contribution in [0, 0.1) is 0 Å². The molecule has 0 saturated carbocycles. The SMILES string of the molecule is O=C1CN(/N=C/C(Cc2ccccc2)NC(=O)C(Cc2ccc3ccccc3c2)NC(=O)C(Cc2ccc(Br)cc2)NC(=O)OCc2ccccc2)C(=O)N1. The number of alkyl carbamates (subject to hydrolysis) is 1. The lowest BCUT2D eigenvalue weighted by Gasteiger charge is -2.25. The van der Waals surface area contributed by atoms with Crippen LogP contribution in [0.25, 0.3) is 10.8 Å². The molecule has 6 rings (SSSR count). The first-order chi connectivity index (χ1) is 26.7. The van der Waals surface area contributed by atoms with Crippen molar-refractivity contribution in [3.05, 3.63) is 154 Å². The van der Waals surface area contributed by atoms with Gasteiger partial charge in [0.05, 0.1) is 6.04 Å². The molecule has 55 heavy (non-hydrogen) atoms. The lowest BCUT2D eigenvalue weighted by Crippen LogP contribution is -2.56. The molecule has 5 aromatic carbocycles. The van der Waals surface area contributed by atoms with Crippen molar-refractivity contribution in [2.24, 2.45) is 5.10 Å². The molecule has 0 aliphatic carbocycles. The van der Waals surface area contributed by atoms with E-state index in [9.17, 15) is 24.0 Å². The number of carbonyl (C=O) groups is 5. The molecular formula is C42H39BrN6O6. The Balaban J connectivity index is 1.26. The fourth-order valence-electron chi connectivity index (χ4n) is 6.03. The van der Waals surface area contributed by atoms with Gasteiger partial charge in [0.1, 0.15) is 25.2 Å². The van der Waals surface area contributed by atoms with Gasteiger partial charge in [0, 0.05) is 23.5 Å². The molecule has 13 heteroatoms. The van der Waals surface area contributed by atoms with Gasteiger partial charge in [0.2, 0.25) is 17.7 Å². The van der Waals surface area contributed by atoms with E-state index in [0.717, 1.165) is 42.5 Å². The second kappa shape index (κ2) is 18.6. The molecule has 4 N–H and O–H groups in total. The second-order valence-corrected chi connectivity index (χ2v) is 13.9. The summed E-state index contributed by atoms with van der Waals surface area (Å²) in [7, 11) is 0. The average Bonchev–Trinajstić information content (AvgIpc) is 3.52. The van der Waals surface area contributed by atoms with Crippen molar-refractivity contribution in [1.82, 2.24) is 26.3 Å². The quantitative estimate of drug-likeness (QED) is 0.0817. The van der Waals surface area contributed by atoms with E-state index in [1.165, 1.54) is 6.21 Å². The Morgan fingerprint density at radius 2 is 1.27 bits per heavy atom. The van der Waals surface area contributed by atoms with Crippen molar-refractivity contribution in [3.63, 3.8) is 0 Å². The smallest absolute Gasteiger partial charge is 0.408 e. The first kappa shape index (κ1) is 38.4. The van der Waals surface area contributed by atoms with Crippen molar-refractivity contribution in [2.75, 3.05) is 6.54 Å². The fraction of sp³-hybridized carbons (Fsp3) is 0.190. The number of amides is 6. The van der Waals surface area contributed by atoms with Gasteiger partial charge in [-0.2, -0.15) is 5.10 Å². The van der Waals surface area contributed by atoms with Gasteiger partial charge >= 0.3 is 12.1 Å². The maximum atomic E-state index is 14.3. The van der Waals surface area contributed by atoms with Crippen molar-refractivity contribution < 1.29 is 28.7 Å². The van der Waals surface area contributed by atoms with Crippen LogP contribution >= 0.6 is 15.9 Å². The van der Waals surface area contributed by atoms with Gasteiger partial charge in [0.25, 0.3) is 0 Å². The van der Waals surface area contributed by atoms with Gasteiger partial charge in [0.15, 0.2) is 0 Å². The average molecular weight is 804 g/mol. The van der Waals surface area contributed by atoms with Gasteiger partial charge in [-0.3, -0.25) is 19.7 Å². The largest absolute Gasteiger partial charge is 0.445 e. The molecule has 3 atom stereocenters. The van der Waals surface area contributed by atoms with Gasteiger partial charge in [-0.05, 0) is 51.6 Å². The summed E-state index contributed by atoms with van der Waals surface area (Å²) in [5.74, 6) is -1.61. The number of rotatable bonds is 15. The Hall–Kier alpha value is -6.34. The van der Waals surface area contributed by atoms with Gasteiger partial charge < -0.3 is 20.7 Å². The number of halogens is 1. The van der Waals surface area contributed by atoms with Gasteiger partial charge in [-0.15, -0.1) is 0 Å². The Morgan fingerprint density at radius 1 is 0.691 bits per heavy atom. The van der Waals surface area contributed by atoms with Crippen molar-refractivity contribution >= 4 is 62.8 Å². The highest BCUT2D eigenvalue weighted by molar-refractivity contribution is 9.10. The third-order valence-electron chi connectivity index (χ3n) is 8.85. The maximum Gasteiger partial charge on any atom is 0.408 e. The predicted molar refractivity (Wildman–Crippen MR) is 212 cm³/mol. The number of hydrogen-bond donors (Lipinski definition) is 4. The monoisotopic (exact) mass is 802 g/mol. The molecule has 1 aliphatic heterocycles. The fourth-order valence-corrected chi connectivity index (χ4v) is 6.30. The number of imide groups is 1. The molecule has 0 aromatic heterocycles. The summed E-state index contributed by atoms with van der Waals surface area (Å²) in [6, 6.07) is 35.9. The number of benzene rings is 5. The molecule has 6 amide bonds. The van der Waals surface area contributed by atoms with E-state index in [2.05, 4.69) is 42.3 Å². The Labute approximate surface area is 326 Å².